The van der Waals surface area contributed by atoms with Gasteiger partial charge in [-0.1, -0.05) is 0 Å². The first-order chi connectivity index (χ1) is 10.7. The van der Waals surface area contributed by atoms with Crippen molar-refractivity contribution < 1.29 is 14.7 Å². The summed E-state index contributed by atoms with van der Waals surface area (Å²) in [6, 6.07) is -0.522. The fourth-order valence-corrected chi connectivity index (χ4v) is 2.94. The number of aromatic amines is 1. The van der Waals surface area contributed by atoms with Gasteiger partial charge < -0.3 is 10.4 Å². The molecule has 0 radical (unpaired) electrons. The van der Waals surface area contributed by atoms with Crippen molar-refractivity contribution in [2.75, 3.05) is 0 Å². The third-order valence-corrected chi connectivity index (χ3v) is 4.75. The molecule has 0 aliphatic carbocycles. The number of carboxylic acid groups (broad SMARTS) is 1. The van der Waals surface area contributed by atoms with Gasteiger partial charge in [0, 0.05) is 0 Å². The Morgan fingerprint density at radius 2 is 1.91 bits per heavy atom. The number of nitrogens with one attached hydrogen (secondary N) is 2. The predicted molar refractivity (Wildman–Crippen MR) is 84.0 cm³/mol. The summed E-state index contributed by atoms with van der Waals surface area (Å²) in [6.45, 7) is 6.61. The molecule has 1 atom stereocenters. The van der Waals surface area contributed by atoms with Gasteiger partial charge >= 0.3 is 5.97 Å². The quantitative estimate of drug-likeness (QED) is 0.774. The number of H-pyrrole nitrogens is 1. The zero-order valence-electron chi connectivity index (χ0n) is 13.1. The first-order valence-corrected chi connectivity index (χ1v) is 7.61. The van der Waals surface area contributed by atoms with Gasteiger partial charge in [-0.25, -0.2) is 14.9 Å². The molecule has 0 spiro atoms. The highest BCUT2D eigenvalue weighted by Crippen LogP contribution is 2.23. The van der Waals surface area contributed by atoms with Crippen molar-refractivity contribution in [2.45, 2.75) is 33.7 Å². The maximum absolute atomic E-state index is 12.3. The Labute approximate surface area is 135 Å². The van der Waals surface area contributed by atoms with Gasteiger partial charge in [0.2, 0.25) is 0 Å². The third kappa shape index (κ3) is 3.29. The van der Waals surface area contributed by atoms with Crippen molar-refractivity contribution in [3.05, 3.63) is 42.8 Å². The SMILES string of the molecule is Cc1nc(C(C)NC(=O)c2c(C)c(C)n[nH]c2=O)sc1C(=O)O. The zero-order chi connectivity index (χ0) is 17.3. The Hall–Kier alpha value is -2.55. The lowest BCUT2D eigenvalue weighted by Crippen LogP contribution is -2.33. The number of hydrogen-bond acceptors (Lipinski definition) is 6. The van der Waals surface area contributed by atoms with E-state index in [1.807, 2.05) is 0 Å². The van der Waals surface area contributed by atoms with Gasteiger partial charge in [-0.05, 0) is 33.3 Å². The van der Waals surface area contributed by atoms with E-state index in [0.717, 1.165) is 11.3 Å². The molecule has 0 aliphatic heterocycles. The molecular weight excluding hydrogens is 320 g/mol. The minimum atomic E-state index is -1.05. The van der Waals surface area contributed by atoms with E-state index in [1.54, 1.807) is 27.7 Å². The number of rotatable bonds is 4. The van der Waals surface area contributed by atoms with Crippen molar-refractivity contribution in [3.8, 4) is 0 Å². The average Bonchev–Trinajstić information content (AvgIpc) is 2.85. The minimum Gasteiger partial charge on any atom is -0.477 e. The second-order valence-electron chi connectivity index (χ2n) is 5.11. The Kier molecular flexibility index (Phi) is 4.60. The van der Waals surface area contributed by atoms with Crippen LogP contribution in [0.2, 0.25) is 0 Å². The number of aromatic nitrogens is 3. The second-order valence-corrected chi connectivity index (χ2v) is 6.14. The summed E-state index contributed by atoms with van der Waals surface area (Å²) in [4.78, 5) is 39.5. The van der Waals surface area contributed by atoms with Gasteiger partial charge in [0.1, 0.15) is 15.4 Å². The molecule has 2 heterocycles. The van der Waals surface area contributed by atoms with E-state index >= 15 is 0 Å². The first-order valence-electron chi connectivity index (χ1n) is 6.79. The number of hydrogen-bond donors (Lipinski definition) is 3. The molecule has 9 heteroatoms. The van der Waals surface area contributed by atoms with Crippen LogP contribution in [0.1, 0.15) is 55.0 Å². The number of carbonyl (C=O) groups excluding carboxylic acids is 1. The van der Waals surface area contributed by atoms with Gasteiger partial charge in [0.15, 0.2) is 0 Å². The summed E-state index contributed by atoms with van der Waals surface area (Å²) in [6.07, 6.45) is 0. The van der Waals surface area contributed by atoms with Crippen molar-refractivity contribution in [3.63, 3.8) is 0 Å². The molecule has 3 N–H and O–H groups in total. The van der Waals surface area contributed by atoms with Gasteiger partial charge in [-0.2, -0.15) is 5.10 Å². The van der Waals surface area contributed by atoms with Gasteiger partial charge in [-0.15, -0.1) is 11.3 Å². The van der Waals surface area contributed by atoms with Crippen LogP contribution in [0.15, 0.2) is 4.79 Å². The number of carboxylic acids is 1. The zero-order valence-corrected chi connectivity index (χ0v) is 13.9. The van der Waals surface area contributed by atoms with Crippen molar-refractivity contribution >= 4 is 23.2 Å². The van der Waals surface area contributed by atoms with E-state index < -0.39 is 23.5 Å². The Morgan fingerprint density at radius 1 is 1.26 bits per heavy atom. The molecule has 23 heavy (non-hydrogen) atoms. The van der Waals surface area contributed by atoms with E-state index in [-0.39, 0.29) is 10.4 Å². The van der Waals surface area contributed by atoms with Crippen molar-refractivity contribution in [1.82, 2.24) is 20.5 Å². The molecule has 0 saturated carbocycles. The minimum absolute atomic E-state index is 0.00362. The monoisotopic (exact) mass is 336 g/mol. The third-order valence-electron chi connectivity index (χ3n) is 3.42. The van der Waals surface area contributed by atoms with Crippen LogP contribution in [-0.2, 0) is 0 Å². The molecule has 2 aromatic rings. The Morgan fingerprint density at radius 3 is 2.48 bits per heavy atom. The number of carbonyl (C=O) groups is 2. The highest BCUT2D eigenvalue weighted by Gasteiger charge is 2.22. The van der Waals surface area contributed by atoms with Gasteiger partial charge in [-0.3, -0.25) is 9.59 Å². The Balaban J connectivity index is 2.27. The van der Waals surface area contributed by atoms with E-state index in [0.29, 0.717) is 22.0 Å². The normalized spacial score (nSPS) is 12.0. The molecule has 0 aliphatic rings. The lowest BCUT2D eigenvalue weighted by atomic mass is 10.1. The van der Waals surface area contributed by atoms with E-state index in [1.165, 1.54) is 0 Å². The fourth-order valence-electron chi connectivity index (χ4n) is 2.03. The second kappa shape index (κ2) is 6.29. The number of aromatic carboxylic acids is 1. The molecule has 0 fully saturated rings. The van der Waals surface area contributed by atoms with Crippen LogP contribution in [0.3, 0.4) is 0 Å². The summed E-state index contributed by atoms with van der Waals surface area (Å²) in [5, 5.41) is 18.3. The fraction of sp³-hybridized carbons (Fsp3) is 0.357. The van der Waals surface area contributed by atoms with Crippen LogP contribution in [0.25, 0.3) is 0 Å². The number of amides is 1. The number of nitrogens with zero attached hydrogens (tertiary/aromatic N) is 2. The summed E-state index contributed by atoms with van der Waals surface area (Å²) in [5.41, 5.74) is 0.878. The van der Waals surface area contributed by atoms with Crippen LogP contribution < -0.4 is 10.9 Å². The molecule has 0 aromatic carbocycles. The molecule has 8 nitrogen and oxygen atoms in total. The van der Waals surface area contributed by atoms with Crippen LogP contribution in [0.4, 0.5) is 0 Å². The molecule has 0 saturated heterocycles. The number of aryl methyl sites for hydroxylation is 2. The lowest BCUT2D eigenvalue weighted by molar-refractivity contribution is 0.0701. The molecule has 2 aromatic heterocycles. The molecule has 2 rings (SSSR count). The molecule has 122 valence electrons. The van der Waals surface area contributed by atoms with Crippen LogP contribution in [-0.4, -0.2) is 32.2 Å². The van der Waals surface area contributed by atoms with E-state index in [2.05, 4.69) is 20.5 Å². The predicted octanol–water partition coefficient (Wildman–Crippen LogP) is 1.34. The first kappa shape index (κ1) is 16.8. The van der Waals surface area contributed by atoms with Gasteiger partial charge in [0.25, 0.3) is 11.5 Å². The molecule has 0 bridgehead atoms. The summed E-state index contributed by atoms with van der Waals surface area (Å²) < 4.78 is 0. The average molecular weight is 336 g/mol. The van der Waals surface area contributed by atoms with Crippen LogP contribution in [0.5, 0.6) is 0 Å². The topological polar surface area (TPSA) is 125 Å². The highest BCUT2D eigenvalue weighted by atomic mass is 32.1. The van der Waals surface area contributed by atoms with Crippen molar-refractivity contribution in [2.24, 2.45) is 0 Å². The van der Waals surface area contributed by atoms with E-state index in [4.69, 9.17) is 5.11 Å². The highest BCUT2D eigenvalue weighted by molar-refractivity contribution is 7.13. The van der Waals surface area contributed by atoms with Crippen molar-refractivity contribution in [1.29, 1.82) is 0 Å². The maximum Gasteiger partial charge on any atom is 0.347 e. The van der Waals surface area contributed by atoms with Gasteiger partial charge in [0.05, 0.1) is 17.4 Å². The smallest absolute Gasteiger partial charge is 0.347 e. The summed E-state index contributed by atoms with van der Waals surface area (Å²) in [7, 11) is 0. The van der Waals surface area contributed by atoms with Crippen LogP contribution >= 0.6 is 11.3 Å². The molecule has 1 amide bonds. The summed E-state index contributed by atoms with van der Waals surface area (Å²) >= 11 is 1.00. The largest absolute Gasteiger partial charge is 0.477 e. The summed E-state index contributed by atoms with van der Waals surface area (Å²) in [5.74, 6) is -1.60. The standard InChI is InChI=1S/C14H16N4O4S/c1-5-6(2)17-18-12(20)9(5)11(19)15-8(4)13-16-7(3)10(23-13)14(21)22/h8H,1-4H3,(H,15,19)(H,18,20)(H,21,22). The Bertz CT molecular complexity index is 840. The number of thiazole rings is 1. The van der Waals surface area contributed by atoms with Crippen LogP contribution in [0, 0.1) is 20.8 Å². The van der Waals surface area contributed by atoms with E-state index in [9.17, 15) is 14.4 Å². The molecule has 1 unspecified atom stereocenters. The maximum atomic E-state index is 12.3. The lowest BCUT2D eigenvalue weighted by Gasteiger charge is -2.12. The molecular formula is C14H16N4O4S.